The Morgan fingerprint density at radius 3 is 2.68 bits per heavy atom. The first-order chi connectivity index (χ1) is 16.1. The van der Waals surface area contributed by atoms with Crippen LogP contribution in [0.3, 0.4) is 0 Å². The van der Waals surface area contributed by atoms with Crippen LogP contribution in [-0.4, -0.2) is 69.1 Å². The molecule has 0 spiro atoms. The molecule has 0 aliphatic carbocycles. The van der Waals surface area contributed by atoms with Crippen LogP contribution in [0.15, 0.2) is 30.5 Å². The zero-order valence-electron chi connectivity index (χ0n) is 17.6. The summed E-state index contributed by atoms with van der Waals surface area (Å²) in [6, 6.07) is -0.540. The highest BCUT2D eigenvalue weighted by atomic mass is 35.5. The SMILES string of the molecule is O=C[C@H](CC(=O)O)NC(=O)[C@@H]1CC=CN2C(=O)CC[C@H](NC(=O)c3ccc(F)c(Cl)c3)C(=O)N12. The average molecular weight is 495 g/mol. The molecule has 2 heterocycles. The van der Waals surface area contributed by atoms with Gasteiger partial charge < -0.3 is 20.5 Å². The molecule has 4 amide bonds. The highest BCUT2D eigenvalue weighted by Gasteiger charge is 2.43. The third kappa shape index (κ3) is 5.39. The number of fused-ring (bicyclic) bond motifs is 1. The third-order valence-corrected chi connectivity index (χ3v) is 5.53. The minimum absolute atomic E-state index is 0.0121. The molecule has 1 aromatic carbocycles. The Labute approximate surface area is 197 Å². The number of amides is 4. The minimum Gasteiger partial charge on any atom is -0.481 e. The topological polar surface area (TPSA) is 153 Å². The molecule has 0 bridgehead atoms. The van der Waals surface area contributed by atoms with Gasteiger partial charge in [-0.2, -0.15) is 0 Å². The van der Waals surface area contributed by atoms with E-state index in [1.807, 2.05) is 0 Å². The molecule has 34 heavy (non-hydrogen) atoms. The summed E-state index contributed by atoms with van der Waals surface area (Å²) in [5.41, 5.74) is -0.0121. The Morgan fingerprint density at radius 2 is 2.03 bits per heavy atom. The van der Waals surface area contributed by atoms with Crippen LogP contribution in [0.1, 0.15) is 36.0 Å². The van der Waals surface area contributed by atoms with E-state index in [1.165, 1.54) is 18.3 Å². The molecule has 3 N–H and O–H groups in total. The van der Waals surface area contributed by atoms with Gasteiger partial charge in [-0.1, -0.05) is 17.7 Å². The molecule has 13 heteroatoms. The quantitative estimate of drug-likeness (QED) is 0.463. The predicted molar refractivity (Wildman–Crippen MR) is 113 cm³/mol. The van der Waals surface area contributed by atoms with Crippen LogP contribution in [-0.2, 0) is 24.0 Å². The number of rotatable bonds is 7. The van der Waals surface area contributed by atoms with Crippen LogP contribution in [0.5, 0.6) is 0 Å². The molecule has 2 aliphatic heterocycles. The Hall–Kier alpha value is -3.80. The maximum absolute atomic E-state index is 13.4. The van der Waals surface area contributed by atoms with Gasteiger partial charge in [0, 0.05) is 18.2 Å². The molecular weight excluding hydrogens is 475 g/mol. The summed E-state index contributed by atoms with van der Waals surface area (Å²) in [5, 5.41) is 15.2. The number of carbonyl (C=O) groups excluding carboxylic acids is 5. The van der Waals surface area contributed by atoms with E-state index in [0.717, 1.165) is 22.2 Å². The second-order valence-corrected chi connectivity index (χ2v) is 8.01. The van der Waals surface area contributed by atoms with Crippen molar-refractivity contribution in [2.24, 2.45) is 0 Å². The van der Waals surface area contributed by atoms with Crippen molar-refractivity contribution in [1.29, 1.82) is 0 Å². The average Bonchev–Trinajstić information content (AvgIpc) is 2.92. The smallest absolute Gasteiger partial charge is 0.305 e. The zero-order chi connectivity index (χ0) is 25.0. The van der Waals surface area contributed by atoms with Crippen molar-refractivity contribution in [3.63, 3.8) is 0 Å². The van der Waals surface area contributed by atoms with Gasteiger partial charge in [0.15, 0.2) is 0 Å². The maximum atomic E-state index is 13.4. The van der Waals surface area contributed by atoms with Gasteiger partial charge in [-0.3, -0.25) is 24.0 Å². The molecule has 0 radical (unpaired) electrons. The number of benzene rings is 1. The summed E-state index contributed by atoms with van der Waals surface area (Å²) in [6.07, 6.45) is 2.19. The fourth-order valence-corrected chi connectivity index (χ4v) is 3.75. The summed E-state index contributed by atoms with van der Waals surface area (Å²) < 4.78 is 13.4. The first-order valence-electron chi connectivity index (χ1n) is 10.2. The van der Waals surface area contributed by atoms with Crippen LogP contribution in [0.4, 0.5) is 4.39 Å². The fraction of sp³-hybridized carbons (Fsp3) is 0.333. The van der Waals surface area contributed by atoms with E-state index in [2.05, 4.69) is 10.6 Å². The summed E-state index contributed by atoms with van der Waals surface area (Å²) in [5.74, 6) is -4.90. The van der Waals surface area contributed by atoms with Gasteiger partial charge in [0.1, 0.15) is 24.2 Å². The van der Waals surface area contributed by atoms with Crippen molar-refractivity contribution in [3.8, 4) is 0 Å². The van der Waals surface area contributed by atoms with Gasteiger partial charge >= 0.3 is 5.97 Å². The van der Waals surface area contributed by atoms with Gasteiger partial charge in [0.25, 0.3) is 11.8 Å². The van der Waals surface area contributed by atoms with Gasteiger partial charge in [-0.05, 0) is 31.0 Å². The number of hydrogen-bond donors (Lipinski definition) is 3. The van der Waals surface area contributed by atoms with Gasteiger partial charge in [-0.25, -0.2) is 14.4 Å². The number of hydrazine groups is 1. The van der Waals surface area contributed by atoms with Crippen molar-refractivity contribution in [1.82, 2.24) is 20.7 Å². The molecule has 0 unspecified atom stereocenters. The minimum atomic E-state index is -1.33. The Bertz CT molecular complexity index is 1080. The highest BCUT2D eigenvalue weighted by molar-refractivity contribution is 6.31. The molecule has 11 nitrogen and oxygen atoms in total. The number of hydrogen-bond acceptors (Lipinski definition) is 6. The molecule has 2 aliphatic rings. The molecular formula is C21H20ClFN4O7. The van der Waals surface area contributed by atoms with Crippen LogP contribution in [0.25, 0.3) is 0 Å². The van der Waals surface area contributed by atoms with Gasteiger partial charge in [0.05, 0.1) is 17.5 Å². The lowest BCUT2D eigenvalue weighted by Gasteiger charge is -2.39. The van der Waals surface area contributed by atoms with Crippen LogP contribution in [0, 0.1) is 5.82 Å². The first kappa shape index (κ1) is 24.8. The molecule has 1 aromatic rings. The van der Waals surface area contributed by atoms with E-state index in [1.54, 1.807) is 0 Å². The van der Waals surface area contributed by atoms with Gasteiger partial charge in [-0.15, -0.1) is 0 Å². The van der Waals surface area contributed by atoms with E-state index in [0.29, 0.717) is 0 Å². The lowest BCUT2D eigenvalue weighted by molar-refractivity contribution is -0.166. The number of halogens is 2. The van der Waals surface area contributed by atoms with Crippen molar-refractivity contribution >= 4 is 47.5 Å². The monoisotopic (exact) mass is 494 g/mol. The Balaban J connectivity index is 1.83. The van der Waals surface area contributed by atoms with E-state index in [-0.39, 0.29) is 36.1 Å². The molecule has 180 valence electrons. The van der Waals surface area contributed by atoms with Gasteiger partial charge in [0.2, 0.25) is 11.8 Å². The predicted octanol–water partition coefficient (Wildman–Crippen LogP) is 0.388. The summed E-state index contributed by atoms with van der Waals surface area (Å²) >= 11 is 5.71. The standard InChI is InChI=1S/C21H20ClFN4O7/c22-13-8-11(3-4-14(13)23)19(32)25-15-5-6-17(29)26-7-1-2-16(27(26)21(15)34)20(33)24-12(10-28)9-18(30)31/h1,3-4,7-8,10,12,15-16H,2,5-6,9H2,(H,24,33)(H,25,32)(H,30,31)/t12-,15-,16-/m0/s1. The second-order valence-electron chi connectivity index (χ2n) is 7.60. The lowest BCUT2D eigenvalue weighted by atomic mass is 10.1. The number of aliphatic carboxylic acids is 1. The number of carboxylic acids is 1. The third-order valence-electron chi connectivity index (χ3n) is 5.24. The zero-order valence-corrected chi connectivity index (χ0v) is 18.3. The summed E-state index contributed by atoms with van der Waals surface area (Å²) in [7, 11) is 0. The van der Waals surface area contributed by atoms with E-state index < -0.39 is 60.0 Å². The Kier molecular flexibility index (Phi) is 7.61. The lowest BCUT2D eigenvalue weighted by Crippen LogP contribution is -2.62. The van der Waals surface area contributed by atoms with Crippen LogP contribution >= 0.6 is 11.6 Å². The number of carboxylic acid groups (broad SMARTS) is 1. The molecule has 0 saturated carbocycles. The van der Waals surface area contributed by atoms with Crippen LogP contribution in [0.2, 0.25) is 5.02 Å². The van der Waals surface area contributed by atoms with Crippen LogP contribution < -0.4 is 10.6 Å². The van der Waals surface area contributed by atoms with Crippen molar-refractivity contribution in [2.75, 3.05) is 0 Å². The molecule has 1 fully saturated rings. The molecule has 3 rings (SSSR count). The van der Waals surface area contributed by atoms with Crippen molar-refractivity contribution < 1.29 is 38.3 Å². The number of carbonyl (C=O) groups is 6. The molecule has 0 aromatic heterocycles. The molecule has 3 atom stereocenters. The summed E-state index contributed by atoms with van der Waals surface area (Å²) in [4.78, 5) is 73.4. The number of nitrogens with one attached hydrogen (secondary N) is 2. The van der Waals surface area contributed by atoms with Crippen molar-refractivity contribution in [2.45, 2.75) is 43.8 Å². The Morgan fingerprint density at radius 1 is 1.29 bits per heavy atom. The number of aldehydes is 1. The van der Waals surface area contributed by atoms with E-state index in [4.69, 9.17) is 16.7 Å². The fourth-order valence-electron chi connectivity index (χ4n) is 3.57. The highest BCUT2D eigenvalue weighted by Crippen LogP contribution is 2.24. The molecule has 1 saturated heterocycles. The first-order valence-corrected chi connectivity index (χ1v) is 10.5. The van der Waals surface area contributed by atoms with E-state index in [9.17, 15) is 33.2 Å². The maximum Gasteiger partial charge on any atom is 0.305 e. The summed E-state index contributed by atoms with van der Waals surface area (Å²) in [6.45, 7) is 0. The number of nitrogens with zero attached hydrogens (tertiary/aromatic N) is 2. The normalized spacial score (nSPS) is 20.8. The second kappa shape index (κ2) is 10.4. The van der Waals surface area contributed by atoms with Crippen molar-refractivity contribution in [3.05, 3.63) is 46.9 Å². The largest absolute Gasteiger partial charge is 0.481 e. The van der Waals surface area contributed by atoms with E-state index >= 15 is 0 Å².